The quantitative estimate of drug-likeness (QED) is 0.568. The second kappa shape index (κ2) is 2.75. The number of carbonyl (C=O) groups excluding carboxylic acids is 1. The second-order valence-corrected chi connectivity index (χ2v) is 2.55. The van der Waals surface area contributed by atoms with Crippen molar-refractivity contribution in [1.82, 2.24) is 0 Å². The minimum absolute atomic E-state index is 0.209. The summed E-state index contributed by atoms with van der Waals surface area (Å²) in [7, 11) is 0. The summed E-state index contributed by atoms with van der Waals surface area (Å²) < 4.78 is 21.2. The largest absolute Gasteiger partial charge is 0.407 e. The molecule has 0 bridgehead atoms. The highest BCUT2D eigenvalue weighted by atomic mass is 19.3. The summed E-state index contributed by atoms with van der Waals surface area (Å²) in [6, 6.07) is 0. The molecule has 0 spiro atoms. The van der Waals surface area contributed by atoms with Crippen LogP contribution in [0.3, 0.4) is 0 Å². The zero-order valence-electron chi connectivity index (χ0n) is 6.30. The normalized spacial score (nSPS) is 37.2. The summed E-state index contributed by atoms with van der Waals surface area (Å²) >= 11 is 0. The van der Waals surface area contributed by atoms with Crippen LogP contribution in [0, 0.1) is 0 Å². The molecule has 2 unspecified atom stereocenters. The van der Waals surface area contributed by atoms with Gasteiger partial charge in [0.25, 0.3) is 5.79 Å². The van der Waals surface area contributed by atoms with Crippen LogP contribution in [0.2, 0.25) is 0 Å². The van der Waals surface area contributed by atoms with Crippen LogP contribution in [0.15, 0.2) is 0 Å². The molecular weight excluding hydrogens is 155 g/mol. The van der Waals surface area contributed by atoms with E-state index in [-0.39, 0.29) is 12.7 Å². The van der Waals surface area contributed by atoms with Crippen molar-refractivity contribution in [3.8, 4) is 0 Å². The van der Waals surface area contributed by atoms with Gasteiger partial charge in [-0.25, -0.2) is 9.74 Å². The Bertz CT molecular complexity index is 172. The third-order valence-electron chi connectivity index (χ3n) is 1.46. The molecule has 0 aromatic carbocycles. The molecule has 0 radical (unpaired) electrons. The Hall–Kier alpha value is -0.680. The molecule has 0 aromatic heterocycles. The van der Waals surface area contributed by atoms with Crippen LogP contribution < -0.4 is 0 Å². The minimum atomic E-state index is -1.56. The predicted molar refractivity (Wildman–Crippen MR) is 32.1 cm³/mol. The van der Waals surface area contributed by atoms with E-state index in [4.69, 9.17) is 9.47 Å². The molecule has 1 fully saturated rings. The second-order valence-electron chi connectivity index (χ2n) is 2.55. The molecule has 1 saturated heterocycles. The summed E-state index contributed by atoms with van der Waals surface area (Å²) in [4.78, 5) is 13.6. The van der Waals surface area contributed by atoms with E-state index < -0.39 is 11.8 Å². The average Bonchev–Trinajstić information content (AvgIpc) is 2.31. The van der Waals surface area contributed by atoms with Gasteiger partial charge < -0.3 is 9.47 Å². The Labute approximate surface area is 63.1 Å². The van der Waals surface area contributed by atoms with E-state index in [9.17, 15) is 9.32 Å². The van der Waals surface area contributed by atoms with Crippen LogP contribution in [0.5, 0.6) is 0 Å². The van der Waals surface area contributed by atoms with E-state index in [1.54, 1.807) is 6.92 Å². The molecule has 4 nitrogen and oxygen atoms in total. The van der Waals surface area contributed by atoms with E-state index in [0.717, 1.165) is 0 Å². The Morgan fingerprint density at radius 3 is 2.82 bits per heavy atom. The van der Waals surface area contributed by atoms with Gasteiger partial charge in [-0.2, -0.15) is 0 Å². The maximum Gasteiger partial charge on any atom is 0.407 e. The molecule has 1 rings (SSSR count). The lowest BCUT2D eigenvalue weighted by atomic mass is 10.3. The summed E-state index contributed by atoms with van der Waals surface area (Å²) in [5.74, 6) is -2.71. The Kier molecular flexibility index (Phi) is 2.10. The van der Waals surface area contributed by atoms with Crippen molar-refractivity contribution in [2.45, 2.75) is 25.7 Å². The fourth-order valence-electron chi connectivity index (χ4n) is 0.905. The van der Waals surface area contributed by atoms with Gasteiger partial charge in [-0.3, -0.25) is 0 Å². The fraction of sp³-hybridized carbons (Fsp3) is 0.833. The van der Waals surface area contributed by atoms with Crippen LogP contribution in [-0.2, 0) is 19.2 Å². The van der Waals surface area contributed by atoms with Gasteiger partial charge in [-0.05, 0) is 6.92 Å². The maximum absolute atomic E-state index is 11.4. The van der Waals surface area contributed by atoms with Crippen molar-refractivity contribution in [2.24, 2.45) is 0 Å². The first-order chi connectivity index (χ1) is 5.08. The lowest BCUT2D eigenvalue weighted by molar-refractivity contribution is -0.237. The molecule has 0 aromatic rings. The first-order valence-electron chi connectivity index (χ1n) is 3.23. The molecule has 0 amide bonds. The van der Waals surface area contributed by atoms with Gasteiger partial charge in [0.05, 0.1) is 12.7 Å². The third kappa shape index (κ3) is 1.49. The van der Waals surface area contributed by atoms with Gasteiger partial charge in [0, 0.05) is 11.4 Å². The first kappa shape index (κ1) is 8.42. The van der Waals surface area contributed by atoms with Crippen molar-refractivity contribution in [3.63, 3.8) is 0 Å². The number of carbonyl (C=O) groups is 1. The summed E-state index contributed by atoms with van der Waals surface area (Å²) in [6.45, 7) is 3.31. The molecule has 0 N–H and O–H groups in total. The van der Waals surface area contributed by atoms with E-state index in [1.807, 2.05) is 0 Å². The van der Waals surface area contributed by atoms with E-state index in [2.05, 4.69) is 4.94 Å². The van der Waals surface area contributed by atoms with Gasteiger partial charge in [0.2, 0.25) is 0 Å². The molecule has 11 heavy (non-hydrogen) atoms. The third-order valence-corrected chi connectivity index (χ3v) is 1.46. The Morgan fingerprint density at radius 1 is 1.82 bits per heavy atom. The summed E-state index contributed by atoms with van der Waals surface area (Å²) in [5, 5.41) is 0. The highest BCUT2D eigenvalue weighted by Gasteiger charge is 2.45. The van der Waals surface area contributed by atoms with E-state index in [1.165, 1.54) is 6.92 Å². The zero-order chi connectivity index (χ0) is 8.48. The van der Waals surface area contributed by atoms with Crippen molar-refractivity contribution in [1.29, 1.82) is 0 Å². The summed E-state index contributed by atoms with van der Waals surface area (Å²) in [6.07, 6.45) is -0.209. The van der Waals surface area contributed by atoms with Crippen LogP contribution >= 0.6 is 0 Å². The van der Waals surface area contributed by atoms with Crippen molar-refractivity contribution < 1.29 is 23.7 Å². The predicted octanol–water partition coefficient (Wildman–Crippen LogP) is 0.566. The van der Waals surface area contributed by atoms with Crippen molar-refractivity contribution >= 4 is 5.97 Å². The highest BCUT2D eigenvalue weighted by molar-refractivity contribution is 5.77. The van der Waals surface area contributed by atoms with Crippen LogP contribution in [0.1, 0.15) is 13.8 Å². The minimum Gasteiger partial charge on any atom is -0.338 e. The monoisotopic (exact) mass is 164 g/mol. The van der Waals surface area contributed by atoms with Gasteiger partial charge in [0.15, 0.2) is 0 Å². The highest BCUT2D eigenvalue weighted by Crippen LogP contribution is 2.24. The average molecular weight is 164 g/mol. The number of hydrogen-bond donors (Lipinski definition) is 0. The SMILES string of the molecule is CC1COC(C)(C(=O)OF)O1. The topological polar surface area (TPSA) is 44.8 Å². The number of ether oxygens (including phenoxy) is 2. The van der Waals surface area contributed by atoms with E-state index >= 15 is 0 Å². The van der Waals surface area contributed by atoms with Gasteiger partial charge in [-0.1, -0.05) is 0 Å². The molecule has 0 saturated carbocycles. The van der Waals surface area contributed by atoms with Gasteiger partial charge in [-0.15, -0.1) is 0 Å². The van der Waals surface area contributed by atoms with Gasteiger partial charge in [0.1, 0.15) is 0 Å². The molecule has 64 valence electrons. The summed E-state index contributed by atoms with van der Waals surface area (Å²) in [5.41, 5.74) is 0. The Morgan fingerprint density at radius 2 is 2.45 bits per heavy atom. The van der Waals surface area contributed by atoms with Crippen molar-refractivity contribution in [2.75, 3.05) is 6.61 Å². The molecule has 0 aliphatic carbocycles. The molecule has 2 atom stereocenters. The number of rotatable bonds is 1. The maximum atomic E-state index is 11.4. The number of hydrogen-bond acceptors (Lipinski definition) is 4. The molecule has 1 heterocycles. The molecule has 1 aliphatic heterocycles. The smallest absolute Gasteiger partial charge is 0.338 e. The van der Waals surface area contributed by atoms with Gasteiger partial charge >= 0.3 is 5.97 Å². The molecule has 1 aliphatic rings. The lowest BCUT2D eigenvalue weighted by Gasteiger charge is -2.16. The number of halogens is 1. The van der Waals surface area contributed by atoms with Crippen LogP contribution in [-0.4, -0.2) is 24.5 Å². The zero-order valence-corrected chi connectivity index (χ0v) is 6.30. The van der Waals surface area contributed by atoms with Crippen LogP contribution in [0.4, 0.5) is 4.53 Å². The first-order valence-corrected chi connectivity index (χ1v) is 3.23. The van der Waals surface area contributed by atoms with Crippen LogP contribution in [0.25, 0.3) is 0 Å². The van der Waals surface area contributed by atoms with E-state index in [0.29, 0.717) is 0 Å². The Balaban J connectivity index is 2.61. The lowest BCUT2D eigenvalue weighted by Crippen LogP contribution is -2.37. The molecular formula is C6H9FO4. The standard InChI is InChI=1S/C6H9FO4/c1-4-3-9-6(2,10-4)5(8)11-7/h4H,3H2,1-2H3. The molecule has 5 heteroatoms. The fourth-order valence-corrected chi connectivity index (χ4v) is 0.905. The van der Waals surface area contributed by atoms with Crippen molar-refractivity contribution in [3.05, 3.63) is 0 Å².